The smallest absolute Gasteiger partial charge is 0.245 e. The van der Waals surface area contributed by atoms with E-state index in [1.165, 1.54) is 19.2 Å². The lowest BCUT2D eigenvalue weighted by Crippen LogP contribution is -2.04. The molecular weight excluding hydrogens is 218 g/mol. The van der Waals surface area contributed by atoms with E-state index < -0.39 is 0 Å². The molecule has 2 aromatic heterocycles. The van der Waals surface area contributed by atoms with Crippen molar-refractivity contribution >= 4 is 17.1 Å². The van der Waals surface area contributed by atoms with Gasteiger partial charge in [0.1, 0.15) is 6.33 Å². The van der Waals surface area contributed by atoms with Gasteiger partial charge in [0.25, 0.3) is 0 Å². The van der Waals surface area contributed by atoms with Crippen molar-refractivity contribution in [2.45, 2.75) is 25.8 Å². The lowest BCUT2D eigenvalue weighted by molar-refractivity contribution is 0.401. The molecule has 0 aliphatic heterocycles. The second kappa shape index (κ2) is 3.87. The summed E-state index contributed by atoms with van der Waals surface area (Å²) in [4.78, 5) is 12.5. The molecule has 0 spiro atoms. The lowest BCUT2D eigenvalue weighted by atomic mass is 10.3. The number of methoxy groups -OCH3 is 1. The number of nitrogens with zero attached hydrogens (tertiary/aromatic N) is 4. The van der Waals surface area contributed by atoms with Gasteiger partial charge in [-0.05, 0) is 12.3 Å². The van der Waals surface area contributed by atoms with Crippen molar-refractivity contribution in [1.29, 1.82) is 0 Å². The molecule has 1 saturated carbocycles. The largest absolute Gasteiger partial charge is 0.479 e. The van der Waals surface area contributed by atoms with Crippen molar-refractivity contribution in [3.63, 3.8) is 0 Å². The monoisotopic (exact) mass is 233 g/mol. The van der Waals surface area contributed by atoms with E-state index in [0.717, 1.165) is 24.5 Å². The molecule has 3 rings (SSSR count). The van der Waals surface area contributed by atoms with Gasteiger partial charge in [0, 0.05) is 6.54 Å². The fourth-order valence-corrected chi connectivity index (χ4v) is 2.02. The van der Waals surface area contributed by atoms with E-state index in [4.69, 9.17) is 10.5 Å². The number of aryl methyl sites for hydroxylation is 1. The van der Waals surface area contributed by atoms with Crippen LogP contribution in [0.2, 0.25) is 0 Å². The summed E-state index contributed by atoms with van der Waals surface area (Å²) in [6.07, 6.45) is 5.30. The van der Waals surface area contributed by atoms with Gasteiger partial charge in [-0.2, -0.15) is 4.98 Å². The maximum absolute atomic E-state index is 5.91. The van der Waals surface area contributed by atoms with Crippen LogP contribution in [0.4, 0.5) is 5.95 Å². The Kier molecular flexibility index (Phi) is 2.35. The molecule has 2 heterocycles. The predicted molar refractivity (Wildman–Crippen MR) is 63.6 cm³/mol. The quantitative estimate of drug-likeness (QED) is 0.858. The Bertz CT molecular complexity index is 546. The highest BCUT2D eigenvalue weighted by Crippen LogP contribution is 2.33. The summed E-state index contributed by atoms with van der Waals surface area (Å²) in [6, 6.07) is 0. The van der Waals surface area contributed by atoms with Crippen molar-refractivity contribution in [3.8, 4) is 5.88 Å². The third-order valence-corrected chi connectivity index (χ3v) is 3.18. The van der Waals surface area contributed by atoms with E-state index in [2.05, 4.69) is 15.0 Å². The highest BCUT2D eigenvalue weighted by atomic mass is 16.5. The number of rotatable bonds is 4. The fraction of sp³-hybridized carbons (Fsp3) is 0.545. The maximum Gasteiger partial charge on any atom is 0.245 e. The maximum atomic E-state index is 5.91. The number of nitrogen functional groups attached to an aromatic ring is 1. The summed E-state index contributed by atoms with van der Waals surface area (Å²) >= 11 is 0. The SMILES string of the molecule is COc1ncnc2c1nc(N)n2CCC1CC1. The Hall–Kier alpha value is -1.85. The predicted octanol–water partition coefficient (Wildman–Crippen LogP) is 1.22. The third-order valence-electron chi connectivity index (χ3n) is 3.18. The second-order valence-corrected chi connectivity index (χ2v) is 4.41. The highest BCUT2D eigenvalue weighted by Gasteiger charge is 2.22. The Morgan fingerprint density at radius 1 is 1.47 bits per heavy atom. The average Bonchev–Trinajstić information content (AvgIpc) is 3.10. The fourth-order valence-electron chi connectivity index (χ4n) is 2.02. The zero-order valence-electron chi connectivity index (χ0n) is 9.76. The van der Waals surface area contributed by atoms with Gasteiger partial charge in [-0.3, -0.25) is 4.57 Å². The van der Waals surface area contributed by atoms with Crippen LogP contribution < -0.4 is 10.5 Å². The average molecular weight is 233 g/mol. The van der Waals surface area contributed by atoms with E-state index in [0.29, 0.717) is 17.3 Å². The highest BCUT2D eigenvalue weighted by molar-refractivity contribution is 5.78. The molecule has 0 radical (unpaired) electrons. The number of hydrogen-bond acceptors (Lipinski definition) is 5. The summed E-state index contributed by atoms with van der Waals surface area (Å²) in [7, 11) is 1.57. The first kappa shape index (κ1) is 10.3. The van der Waals surface area contributed by atoms with Crippen molar-refractivity contribution in [1.82, 2.24) is 19.5 Å². The third kappa shape index (κ3) is 1.79. The Balaban J connectivity index is 2.00. The zero-order chi connectivity index (χ0) is 11.8. The molecule has 0 saturated heterocycles. The molecule has 1 aliphatic rings. The van der Waals surface area contributed by atoms with Crippen LogP contribution in [0.15, 0.2) is 6.33 Å². The van der Waals surface area contributed by atoms with E-state index >= 15 is 0 Å². The molecular formula is C11H15N5O. The van der Waals surface area contributed by atoms with Crippen LogP contribution in [0.25, 0.3) is 11.2 Å². The molecule has 1 aliphatic carbocycles. The molecule has 6 heteroatoms. The minimum atomic E-state index is 0.479. The molecule has 0 amide bonds. The van der Waals surface area contributed by atoms with Crippen molar-refractivity contribution in [2.24, 2.45) is 5.92 Å². The van der Waals surface area contributed by atoms with E-state index in [-0.39, 0.29) is 0 Å². The van der Waals surface area contributed by atoms with Gasteiger partial charge in [0.2, 0.25) is 11.8 Å². The van der Waals surface area contributed by atoms with Gasteiger partial charge >= 0.3 is 0 Å². The van der Waals surface area contributed by atoms with Gasteiger partial charge in [0.15, 0.2) is 11.2 Å². The molecule has 0 atom stereocenters. The normalized spacial score (nSPS) is 15.4. The molecule has 0 bridgehead atoms. The summed E-state index contributed by atoms with van der Waals surface area (Å²) in [5, 5.41) is 0. The van der Waals surface area contributed by atoms with Gasteiger partial charge in [-0.1, -0.05) is 12.8 Å². The molecule has 2 aromatic rings. The molecule has 6 nitrogen and oxygen atoms in total. The van der Waals surface area contributed by atoms with Gasteiger partial charge in [0.05, 0.1) is 7.11 Å². The zero-order valence-corrected chi connectivity index (χ0v) is 9.76. The number of nitrogens with two attached hydrogens (primary N) is 1. The summed E-state index contributed by atoms with van der Waals surface area (Å²) < 4.78 is 7.09. The van der Waals surface area contributed by atoms with Crippen LogP contribution in [-0.2, 0) is 6.54 Å². The minimum Gasteiger partial charge on any atom is -0.479 e. The number of hydrogen-bond donors (Lipinski definition) is 1. The topological polar surface area (TPSA) is 78.8 Å². The molecule has 17 heavy (non-hydrogen) atoms. The summed E-state index contributed by atoms with van der Waals surface area (Å²) in [5.41, 5.74) is 7.31. The van der Waals surface area contributed by atoms with E-state index in [9.17, 15) is 0 Å². The van der Waals surface area contributed by atoms with Crippen molar-refractivity contribution in [3.05, 3.63) is 6.33 Å². The second-order valence-electron chi connectivity index (χ2n) is 4.41. The summed E-state index contributed by atoms with van der Waals surface area (Å²) in [5.74, 6) is 1.82. The number of anilines is 1. The van der Waals surface area contributed by atoms with Crippen LogP contribution in [0, 0.1) is 5.92 Å². The van der Waals surface area contributed by atoms with E-state index in [1.54, 1.807) is 7.11 Å². The lowest BCUT2D eigenvalue weighted by Gasteiger charge is -2.04. The van der Waals surface area contributed by atoms with Gasteiger partial charge in [-0.25, -0.2) is 9.97 Å². The van der Waals surface area contributed by atoms with Gasteiger partial charge < -0.3 is 10.5 Å². The van der Waals surface area contributed by atoms with Crippen LogP contribution in [0.5, 0.6) is 5.88 Å². The van der Waals surface area contributed by atoms with Crippen LogP contribution in [0.3, 0.4) is 0 Å². The molecule has 90 valence electrons. The molecule has 0 unspecified atom stereocenters. The minimum absolute atomic E-state index is 0.479. The van der Waals surface area contributed by atoms with Crippen molar-refractivity contribution < 1.29 is 4.74 Å². The first-order chi connectivity index (χ1) is 8.29. The number of imidazole rings is 1. The standard InChI is InChI=1S/C11H15N5O/c1-17-10-8-9(13-6-14-10)16(11(12)15-8)5-4-7-2-3-7/h6-7H,2-5H2,1H3,(H2,12,15). The number of aromatic nitrogens is 4. The molecule has 0 aromatic carbocycles. The number of ether oxygens (including phenoxy) is 1. The van der Waals surface area contributed by atoms with Crippen molar-refractivity contribution in [2.75, 3.05) is 12.8 Å². The summed E-state index contributed by atoms with van der Waals surface area (Å²) in [6.45, 7) is 0.868. The van der Waals surface area contributed by atoms with Gasteiger partial charge in [-0.15, -0.1) is 0 Å². The Morgan fingerprint density at radius 3 is 3.00 bits per heavy atom. The molecule has 1 fully saturated rings. The molecule has 2 N–H and O–H groups in total. The Labute approximate surface area is 98.8 Å². The Morgan fingerprint density at radius 2 is 2.29 bits per heavy atom. The number of fused-ring (bicyclic) bond motifs is 1. The van der Waals surface area contributed by atoms with Crippen LogP contribution in [0.1, 0.15) is 19.3 Å². The van der Waals surface area contributed by atoms with Crippen LogP contribution in [-0.4, -0.2) is 26.6 Å². The van der Waals surface area contributed by atoms with Crippen LogP contribution >= 0.6 is 0 Å². The van der Waals surface area contributed by atoms with E-state index in [1.807, 2.05) is 4.57 Å². The first-order valence-corrected chi connectivity index (χ1v) is 5.80. The first-order valence-electron chi connectivity index (χ1n) is 5.80.